The summed E-state index contributed by atoms with van der Waals surface area (Å²) in [6.07, 6.45) is 4.77. The molecule has 0 saturated carbocycles. The molecule has 0 fully saturated rings. The number of ether oxygens (including phenoxy) is 2. The molecule has 4 rings (SSSR count). The molecule has 2 heterocycles. The first-order chi connectivity index (χ1) is 15.6. The molecule has 0 atom stereocenters. The summed E-state index contributed by atoms with van der Waals surface area (Å²) in [5, 5.41) is 6.02. The molecule has 0 saturated heterocycles. The van der Waals surface area contributed by atoms with Crippen LogP contribution in [0.5, 0.6) is 11.5 Å². The van der Waals surface area contributed by atoms with Gasteiger partial charge < -0.3 is 20.1 Å². The number of nitrogens with zero attached hydrogens (tertiary/aromatic N) is 4. The quantitative estimate of drug-likeness (QED) is 0.455. The molecular weight excluding hydrogens is 408 g/mol. The maximum Gasteiger partial charge on any atom is 0.255 e. The number of benzene rings is 2. The molecule has 0 bridgehead atoms. The molecule has 0 unspecified atom stereocenters. The number of hydrogen-bond donors (Lipinski definition) is 2. The smallest absolute Gasteiger partial charge is 0.255 e. The van der Waals surface area contributed by atoms with E-state index in [4.69, 9.17) is 9.47 Å². The monoisotopic (exact) mass is 428 g/mol. The molecule has 2 aromatic carbocycles. The zero-order valence-corrected chi connectivity index (χ0v) is 17.4. The van der Waals surface area contributed by atoms with E-state index in [-0.39, 0.29) is 5.91 Å². The Hall–Kier alpha value is -4.53. The van der Waals surface area contributed by atoms with Crippen molar-refractivity contribution in [2.45, 2.75) is 0 Å². The average Bonchev–Trinajstić information content (AvgIpc) is 2.84. The maximum atomic E-state index is 12.7. The number of hydrogen-bond acceptors (Lipinski definition) is 8. The molecular formula is C23H20N6O3. The fourth-order valence-electron chi connectivity index (χ4n) is 2.95. The SMILES string of the molecule is COc1cc(OC)cc(C(=O)Nc2cccc(Nc3nccc(-c4ccncn4)n3)c2)c1. The Morgan fingerprint density at radius 2 is 1.59 bits per heavy atom. The van der Waals surface area contributed by atoms with Crippen molar-refractivity contribution >= 4 is 23.2 Å². The molecule has 0 aliphatic carbocycles. The summed E-state index contributed by atoms with van der Waals surface area (Å²) in [5.41, 5.74) is 3.10. The van der Waals surface area contributed by atoms with E-state index >= 15 is 0 Å². The highest BCUT2D eigenvalue weighted by atomic mass is 16.5. The summed E-state index contributed by atoms with van der Waals surface area (Å²) < 4.78 is 10.5. The third-order valence-corrected chi connectivity index (χ3v) is 4.49. The standard InChI is InChI=1S/C23H20N6O3/c1-31-18-10-15(11-19(13-18)32-2)22(30)27-16-4-3-5-17(12-16)28-23-25-9-7-21(29-23)20-6-8-24-14-26-20/h3-14H,1-2H3,(H,27,30)(H,25,28,29). The summed E-state index contributed by atoms with van der Waals surface area (Å²) in [6.45, 7) is 0. The largest absolute Gasteiger partial charge is 0.497 e. The van der Waals surface area contributed by atoms with Crippen molar-refractivity contribution in [3.05, 3.63) is 78.9 Å². The van der Waals surface area contributed by atoms with Gasteiger partial charge in [0.15, 0.2) is 0 Å². The third kappa shape index (κ3) is 4.96. The molecule has 32 heavy (non-hydrogen) atoms. The van der Waals surface area contributed by atoms with E-state index in [0.29, 0.717) is 45.8 Å². The lowest BCUT2D eigenvalue weighted by Crippen LogP contribution is -2.12. The maximum absolute atomic E-state index is 12.7. The van der Waals surface area contributed by atoms with Crippen molar-refractivity contribution in [2.75, 3.05) is 24.9 Å². The molecule has 160 valence electrons. The van der Waals surface area contributed by atoms with Crippen molar-refractivity contribution in [3.8, 4) is 22.9 Å². The predicted molar refractivity (Wildman–Crippen MR) is 120 cm³/mol. The Morgan fingerprint density at radius 1 is 0.844 bits per heavy atom. The minimum Gasteiger partial charge on any atom is -0.497 e. The first-order valence-corrected chi connectivity index (χ1v) is 9.65. The van der Waals surface area contributed by atoms with E-state index in [0.717, 1.165) is 0 Å². The van der Waals surface area contributed by atoms with Crippen LogP contribution in [0.2, 0.25) is 0 Å². The Bertz CT molecular complexity index is 1210. The van der Waals surface area contributed by atoms with E-state index in [1.807, 2.05) is 12.1 Å². The van der Waals surface area contributed by atoms with Gasteiger partial charge in [0.2, 0.25) is 5.95 Å². The van der Waals surface area contributed by atoms with Crippen molar-refractivity contribution < 1.29 is 14.3 Å². The van der Waals surface area contributed by atoms with Crippen LogP contribution in [0.4, 0.5) is 17.3 Å². The number of anilines is 3. The zero-order chi connectivity index (χ0) is 22.3. The molecule has 0 aliphatic rings. The number of amides is 1. The molecule has 4 aromatic rings. The van der Waals surface area contributed by atoms with Gasteiger partial charge >= 0.3 is 0 Å². The Balaban J connectivity index is 1.50. The second kappa shape index (κ2) is 9.52. The van der Waals surface area contributed by atoms with Crippen LogP contribution in [0.25, 0.3) is 11.4 Å². The Kier molecular flexibility index (Phi) is 6.17. The van der Waals surface area contributed by atoms with Crippen LogP contribution in [0, 0.1) is 0 Å². The number of rotatable bonds is 7. The minimum atomic E-state index is -0.290. The zero-order valence-electron chi connectivity index (χ0n) is 17.4. The van der Waals surface area contributed by atoms with E-state index < -0.39 is 0 Å². The van der Waals surface area contributed by atoms with Crippen LogP contribution in [-0.4, -0.2) is 40.1 Å². The van der Waals surface area contributed by atoms with Gasteiger partial charge in [0.05, 0.1) is 25.6 Å². The van der Waals surface area contributed by atoms with Gasteiger partial charge in [0, 0.05) is 35.4 Å². The minimum absolute atomic E-state index is 0.290. The van der Waals surface area contributed by atoms with Crippen LogP contribution in [0.15, 0.2) is 73.3 Å². The van der Waals surface area contributed by atoms with E-state index in [2.05, 4.69) is 30.6 Å². The fourth-order valence-corrected chi connectivity index (χ4v) is 2.95. The Morgan fingerprint density at radius 3 is 2.31 bits per heavy atom. The second-order valence-electron chi connectivity index (χ2n) is 6.62. The number of carbonyl (C=O) groups excluding carboxylic acids is 1. The van der Waals surface area contributed by atoms with E-state index in [9.17, 15) is 4.79 Å². The van der Waals surface area contributed by atoms with Crippen LogP contribution in [0.3, 0.4) is 0 Å². The van der Waals surface area contributed by atoms with Crippen LogP contribution >= 0.6 is 0 Å². The van der Waals surface area contributed by atoms with Gasteiger partial charge in [0.25, 0.3) is 5.91 Å². The summed E-state index contributed by atoms with van der Waals surface area (Å²) in [5.74, 6) is 1.18. The van der Waals surface area contributed by atoms with Gasteiger partial charge in [-0.25, -0.2) is 19.9 Å². The highest BCUT2D eigenvalue weighted by Crippen LogP contribution is 2.24. The fraction of sp³-hybridized carbons (Fsp3) is 0.0870. The molecule has 0 spiro atoms. The van der Waals surface area contributed by atoms with Crippen LogP contribution in [0.1, 0.15) is 10.4 Å². The lowest BCUT2D eigenvalue weighted by atomic mass is 10.1. The summed E-state index contributed by atoms with van der Waals surface area (Å²) in [6, 6.07) is 15.8. The van der Waals surface area contributed by atoms with E-state index in [1.54, 1.807) is 54.9 Å². The van der Waals surface area contributed by atoms with Gasteiger partial charge in [-0.2, -0.15) is 0 Å². The summed E-state index contributed by atoms with van der Waals surface area (Å²) in [4.78, 5) is 29.6. The second-order valence-corrected chi connectivity index (χ2v) is 6.62. The molecule has 9 nitrogen and oxygen atoms in total. The first kappa shape index (κ1) is 20.7. The van der Waals surface area contributed by atoms with Crippen molar-refractivity contribution in [1.29, 1.82) is 0 Å². The van der Waals surface area contributed by atoms with Gasteiger partial charge in [0.1, 0.15) is 17.8 Å². The molecule has 0 aliphatic heterocycles. The Labute approximate surface area is 184 Å². The number of carbonyl (C=O) groups is 1. The third-order valence-electron chi connectivity index (χ3n) is 4.49. The van der Waals surface area contributed by atoms with Gasteiger partial charge in [-0.05, 0) is 42.5 Å². The molecule has 0 radical (unpaired) electrons. The number of aromatic nitrogens is 4. The number of methoxy groups -OCH3 is 2. The summed E-state index contributed by atoms with van der Waals surface area (Å²) >= 11 is 0. The van der Waals surface area contributed by atoms with Gasteiger partial charge in [-0.15, -0.1) is 0 Å². The highest BCUT2D eigenvalue weighted by Gasteiger charge is 2.11. The average molecular weight is 428 g/mol. The predicted octanol–water partition coefficient (Wildman–Crippen LogP) is 3.95. The molecule has 1 amide bonds. The van der Waals surface area contributed by atoms with Gasteiger partial charge in [-0.3, -0.25) is 4.79 Å². The molecule has 2 aromatic heterocycles. The molecule has 9 heteroatoms. The summed E-state index contributed by atoms with van der Waals surface area (Å²) in [7, 11) is 3.07. The topological polar surface area (TPSA) is 111 Å². The lowest BCUT2D eigenvalue weighted by molar-refractivity contribution is 0.102. The van der Waals surface area contributed by atoms with Crippen molar-refractivity contribution in [2.24, 2.45) is 0 Å². The van der Waals surface area contributed by atoms with Crippen molar-refractivity contribution in [3.63, 3.8) is 0 Å². The van der Waals surface area contributed by atoms with Crippen LogP contribution < -0.4 is 20.1 Å². The molecule has 2 N–H and O–H groups in total. The normalized spacial score (nSPS) is 10.3. The van der Waals surface area contributed by atoms with Crippen molar-refractivity contribution in [1.82, 2.24) is 19.9 Å². The highest BCUT2D eigenvalue weighted by molar-refractivity contribution is 6.05. The number of nitrogens with one attached hydrogen (secondary N) is 2. The van der Waals surface area contributed by atoms with Gasteiger partial charge in [-0.1, -0.05) is 6.07 Å². The van der Waals surface area contributed by atoms with Crippen LogP contribution in [-0.2, 0) is 0 Å². The lowest BCUT2D eigenvalue weighted by Gasteiger charge is -2.11. The van der Waals surface area contributed by atoms with E-state index in [1.165, 1.54) is 20.5 Å². The first-order valence-electron chi connectivity index (χ1n) is 9.65.